The van der Waals surface area contributed by atoms with Crippen molar-refractivity contribution in [1.82, 2.24) is 29.7 Å². The van der Waals surface area contributed by atoms with Gasteiger partial charge < -0.3 is 5.32 Å². The molecule has 1 fully saturated rings. The van der Waals surface area contributed by atoms with Crippen molar-refractivity contribution in [3.05, 3.63) is 17.9 Å². The average Bonchev–Trinajstić information content (AvgIpc) is 3.00. The van der Waals surface area contributed by atoms with Gasteiger partial charge in [-0.2, -0.15) is 24.7 Å². The average molecular weight is 308 g/mol. The molecule has 1 saturated carbocycles. The van der Waals surface area contributed by atoms with Crippen molar-refractivity contribution in [1.29, 1.82) is 0 Å². The second-order valence-electron chi connectivity index (χ2n) is 5.57. The van der Waals surface area contributed by atoms with Crippen LogP contribution < -0.4 is 5.32 Å². The summed E-state index contributed by atoms with van der Waals surface area (Å²) in [6.07, 6.45) is 8.06. The third-order valence-corrected chi connectivity index (χ3v) is 4.07. The van der Waals surface area contributed by atoms with Gasteiger partial charge in [0.15, 0.2) is 0 Å². The lowest BCUT2D eigenvalue weighted by atomic mass is 9.83. The zero-order valence-corrected chi connectivity index (χ0v) is 12.7. The third kappa shape index (κ3) is 3.66. The van der Waals surface area contributed by atoms with E-state index in [4.69, 9.17) is 11.6 Å². The van der Waals surface area contributed by atoms with E-state index in [2.05, 4.69) is 37.3 Å². The summed E-state index contributed by atoms with van der Waals surface area (Å²) < 4.78 is 1.46. The van der Waals surface area contributed by atoms with Crippen molar-refractivity contribution in [3.63, 3.8) is 0 Å². The van der Waals surface area contributed by atoms with Crippen LogP contribution in [-0.4, -0.2) is 36.3 Å². The van der Waals surface area contributed by atoms with Gasteiger partial charge in [-0.25, -0.2) is 4.98 Å². The summed E-state index contributed by atoms with van der Waals surface area (Å²) in [5, 5.41) is 7.41. The van der Waals surface area contributed by atoms with Gasteiger partial charge in [-0.05, 0) is 36.3 Å². The number of hydrogen-bond acceptors (Lipinski definition) is 6. The largest absolute Gasteiger partial charge is 0.354 e. The van der Waals surface area contributed by atoms with E-state index in [9.17, 15) is 0 Å². The number of rotatable bonds is 4. The molecule has 1 aliphatic carbocycles. The maximum absolute atomic E-state index is 5.94. The number of halogens is 1. The Morgan fingerprint density at radius 3 is 2.76 bits per heavy atom. The minimum absolute atomic E-state index is 0.148. The number of nitrogens with one attached hydrogen (secondary N) is 1. The van der Waals surface area contributed by atoms with Crippen LogP contribution in [0, 0.1) is 11.8 Å². The molecular formula is C13H18ClN7. The molecule has 8 heteroatoms. The summed E-state index contributed by atoms with van der Waals surface area (Å²) in [6, 6.07) is 0. The van der Waals surface area contributed by atoms with Crippen LogP contribution in [0.1, 0.15) is 32.6 Å². The summed E-state index contributed by atoms with van der Waals surface area (Å²) in [4.78, 5) is 16.3. The normalized spacial score (nSPS) is 22.2. The predicted octanol–water partition coefficient (Wildman–Crippen LogP) is 2.34. The number of anilines is 1. The molecule has 0 atom stereocenters. The van der Waals surface area contributed by atoms with Crippen LogP contribution in [-0.2, 0) is 0 Å². The fraction of sp³-hybridized carbons (Fsp3) is 0.615. The van der Waals surface area contributed by atoms with Crippen LogP contribution in [0.3, 0.4) is 0 Å². The molecule has 21 heavy (non-hydrogen) atoms. The molecule has 0 unspecified atom stereocenters. The molecule has 2 aromatic heterocycles. The minimum Gasteiger partial charge on any atom is -0.354 e. The molecular weight excluding hydrogens is 290 g/mol. The molecule has 2 aromatic rings. The van der Waals surface area contributed by atoms with Gasteiger partial charge in [0, 0.05) is 6.54 Å². The molecule has 0 amide bonds. The van der Waals surface area contributed by atoms with E-state index >= 15 is 0 Å². The Labute approximate surface area is 128 Å². The highest BCUT2D eigenvalue weighted by Gasteiger charge is 2.18. The van der Waals surface area contributed by atoms with E-state index in [1.54, 1.807) is 0 Å². The molecule has 0 radical (unpaired) electrons. The maximum atomic E-state index is 5.94. The van der Waals surface area contributed by atoms with Gasteiger partial charge in [0.1, 0.15) is 12.7 Å². The Morgan fingerprint density at radius 2 is 2.05 bits per heavy atom. The first-order valence-electron chi connectivity index (χ1n) is 7.21. The van der Waals surface area contributed by atoms with Gasteiger partial charge in [-0.3, -0.25) is 0 Å². The fourth-order valence-electron chi connectivity index (χ4n) is 2.60. The van der Waals surface area contributed by atoms with Gasteiger partial charge in [0.05, 0.1) is 0 Å². The number of aromatic nitrogens is 6. The van der Waals surface area contributed by atoms with Gasteiger partial charge in [0.2, 0.25) is 11.2 Å². The smallest absolute Gasteiger partial charge is 0.258 e. The highest BCUT2D eigenvalue weighted by molar-refractivity contribution is 6.28. The molecule has 0 bridgehead atoms. The highest BCUT2D eigenvalue weighted by Crippen LogP contribution is 2.28. The Morgan fingerprint density at radius 1 is 1.24 bits per heavy atom. The van der Waals surface area contributed by atoms with Crippen molar-refractivity contribution in [3.8, 4) is 5.95 Å². The zero-order valence-electron chi connectivity index (χ0n) is 11.9. The van der Waals surface area contributed by atoms with Gasteiger partial charge in [-0.15, -0.1) is 0 Å². The minimum atomic E-state index is 0.148. The molecule has 0 aliphatic heterocycles. The molecule has 7 nitrogen and oxygen atoms in total. The lowest BCUT2D eigenvalue weighted by molar-refractivity contribution is 0.300. The molecule has 0 spiro atoms. The van der Waals surface area contributed by atoms with Crippen LogP contribution >= 0.6 is 11.6 Å². The monoisotopic (exact) mass is 307 g/mol. The summed E-state index contributed by atoms with van der Waals surface area (Å²) in [5.74, 6) is 2.38. The summed E-state index contributed by atoms with van der Waals surface area (Å²) in [6.45, 7) is 3.18. The topological polar surface area (TPSA) is 81.4 Å². The van der Waals surface area contributed by atoms with Crippen molar-refractivity contribution in [2.75, 3.05) is 11.9 Å². The second-order valence-corrected chi connectivity index (χ2v) is 5.91. The van der Waals surface area contributed by atoms with Crippen molar-refractivity contribution in [2.24, 2.45) is 11.8 Å². The van der Waals surface area contributed by atoms with Crippen molar-refractivity contribution >= 4 is 17.5 Å². The zero-order chi connectivity index (χ0) is 14.7. The van der Waals surface area contributed by atoms with Crippen LogP contribution in [0.2, 0.25) is 5.28 Å². The van der Waals surface area contributed by atoms with Crippen LogP contribution in [0.5, 0.6) is 0 Å². The van der Waals surface area contributed by atoms with Crippen LogP contribution in [0.15, 0.2) is 12.7 Å². The first kappa shape index (κ1) is 14.2. The Hall–Kier alpha value is -1.76. The Bertz CT molecular complexity index is 578. The SMILES string of the molecule is CC1CCC(CNc2nc(Cl)nc(-n3cncn3)n2)CC1. The quantitative estimate of drug-likeness (QED) is 0.933. The van der Waals surface area contributed by atoms with Crippen molar-refractivity contribution in [2.45, 2.75) is 32.6 Å². The maximum Gasteiger partial charge on any atom is 0.258 e. The van der Waals surface area contributed by atoms with Crippen LogP contribution in [0.25, 0.3) is 5.95 Å². The van der Waals surface area contributed by atoms with Gasteiger partial charge >= 0.3 is 0 Å². The van der Waals surface area contributed by atoms with E-state index in [-0.39, 0.29) is 5.28 Å². The lowest BCUT2D eigenvalue weighted by Crippen LogP contribution is -2.21. The van der Waals surface area contributed by atoms with E-state index in [0.29, 0.717) is 17.8 Å². The molecule has 0 saturated heterocycles. The predicted molar refractivity (Wildman–Crippen MR) is 79.4 cm³/mol. The second kappa shape index (κ2) is 6.34. The lowest BCUT2D eigenvalue weighted by Gasteiger charge is -2.26. The fourth-order valence-corrected chi connectivity index (χ4v) is 2.76. The molecule has 3 rings (SSSR count). The number of hydrogen-bond donors (Lipinski definition) is 1. The summed E-state index contributed by atoms with van der Waals surface area (Å²) in [7, 11) is 0. The number of nitrogens with zero attached hydrogens (tertiary/aromatic N) is 6. The van der Waals surface area contributed by atoms with E-state index < -0.39 is 0 Å². The summed E-state index contributed by atoms with van der Waals surface area (Å²) >= 11 is 5.94. The van der Waals surface area contributed by atoms with E-state index in [1.807, 2.05) is 0 Å². The van der Waals surface area contributed by atoms with Crippen LogP contribution in [0.4, 0.5) is 5.95 Å². The van der Waals surface area contributed by atoms with Crippen molar-refractivity contribution < 1.29 is 0 Å². The first-order valence-corrected chi connectivity index (χ1v) is 7.59. The molecule has 2 heterocycles. The molecule has 0 aromatic carbocycles. The molecule has 1 aliphatic rings. The highest BCUT2D eigenvalue weighted by atomic mass is 35.5. The third-order valence-electron chi connectivity index (χ3n) is 3.90. The Balaban J connectivity index is 1.65. The van der Waals surface area contributed by atoms with Gasteiger partial charge in [-0.1, -0.05) is 19.8 Å². The Kier molecular flexibility index (Phi) is 4.28. The standard InChI is InChI=1S/C13H18ClN7/c1-9-2-4-10(5-3-9)6-16-12-18-11(14)19-13(20-12)21-8-15-7-17-21/h7-10H,2-6H2,1H3,(H,16,18,19,20). The molecule has 112 valence electrons. The summed E-state index contributed by atoms with van der Waals surface area (Å²) in [5.41, 5.74) is 0. The molecule has 1 N–H and O–H groups in total. The van der Waals surface area contributed by atoms with E-state index in [0.717, 1.165) is 12.5 Å². The van der Waals surface area contributed by atoms with E-state index in [1.165, 1.54) is 43.0 Å². The first-order chi connectivity index (χ1) is 10.2. The van der Waals surface area contributed by atoms with Gasteiger partial charge in [0.25, 0.3) is 5.95 Å².